The van der Waals surface area contributed by atoms with Crippen LogP contribution in [0.25, 0.3) is 0 Å². The first-order valence-electron chi connectivity index (χ1n) is 4.91. The van der Waals surface area contributed by atoms with Crippen LogP contribution in [0.3, 0.4) is 0 Å². The molecular weight excluding hydrogens is 166 g/mol. The van der Waals surface area contributed by atoms with E-state index in [9.17, 15) is 4.79 Å². The van der Waals surface area contributed by atoms with Crippen molar-refractivity contribution in [1.82, 2.24) is 4.90 Å². The molecule has 2 heterocycles. The van der Waals surface area contributed by atoms with Crippen molar-refractivity contribution < 1.29 is 9.53 Å². The van der Waals surface area contributed by atoms with Crippen molar-refractivity contribution in [2.75, 3.05) is 26.3 Å². The summed E-state index contributed by atoms with van der Waals surface area (Å²) in [6.07, 6.45) is 3.35. The summed E-state index contributed by atoms with van der Waals surface area (Å²) in [6.45, 7) is 6.97. The van der Waals surface area contributed by atoms with E-state index in [1.54, 1.807) is 0 Å². The van der Waals surface area contributed by atoms with Gasteiger partial charge in [-0.15, -0.1) is 0 Å². The number of likely N-dealkylation sites (tertiary alicyclic amines) is 1. The zero-order chi connectivity index (χ0) is 9.31. The van der Waals surface area contributed by atoms with Crippen molar-refractivity contribution in [3.8, 4) is 0 Å². The van der Waals surface area contributed by atoms with E-state index in [2.05, 4.69) is 6.92 Å². The third kappa shape index (κ3) is 1.70. The molecule has 73 valence electrons. The van der Waals surface area contributed by atoms with Gasteiger partial charge < -0.3 is 9.64 Å². The van der Waals surface area contributed by atoms with E-state index in [4.69, 9.17) is 4.74 Å². The molecule has 2 aliphatic rings. The summed E-state index contributed by atoms with van der Waals surface area (Å²) in [5, 5.41) is 0. The van der Waals surface area contributed by atoms with Crippen molar-refractivity contribution in [1.29, 1.82) is 0 Å². The van der Waals surface area contributed by atoms with Gasteiger partial charge in [0, 0.05) is 33.2 Å². The molecule has 0 atom stereocenters. The number of hydrogen-bond acceptors (Lipinski definition) is 2. The Morgan fingerprint density at radius 1 is 1.31 bits per heavy atom. The molecule has 0 aromatic carbocycles. The highest BCUT2D eigenvalue weighted by Gasteiger charge is 2.39. The van der Waals surface area contributed by atoms with Crippen LogP contribution < -0.4 is 0 Å². The molecule has 2 saturated heterocycles. The largest absolute Gasteiger partial charge is 0.381 e. The second-order valence-electron chi connectivity index (χ2n) is 4.18. The Labute approximate surface area is 79.0 Å². The van der Waals surface area contributed by atoms with Crippen LogP contribution in [0.2, 0.25) is 0 Å². The Bertz CT molecular complexity index is 209. The molecule has 0 aliphatic carbocycles. The minimum Gasteiger partial charge on any atom is -0.381 e. The summed E-state index contributed by atoms with van der Waals surface area (Å²) < 4.78 is 5.33. The molecule has 1 radical (unpaired) electrons. The molecule has 1 spiro atoms. The highest BCUT2D eigenvalue weighted by Crippen LogP contribution is 2.39. The molecule has 0 bridgehead atoms. The zero-order valence-electron chi connectivity index (χ0n) is 7.92. The molecule has 3 nitrogen and oxygen atoms in total. The van der Waals surface area contributed by atoms with Gasteiger partial charge >= 0.3 is 0 Å². The van der Waals surface area contributed by atoms with Crippen molar-refractivity contribution in [2.45, 2.75) is 19.3 Å². The second kappa shape index (κ2) is 3.29. The van der Waals surface area contributed by atoms with Crippen LogP contribution in [0, 0.1) is 12.3 Å². The second-order valence-corrected chi connectivity index (χ2v) is 4.18. The van der Waals surface area contributed by atoms with Gasteiger partial charge in [0.2, 0.25) is 5.91 Å². The molecule has 13 heavy (non-hydrogen) atoms. The molecule has 2 rings (SSSR count). The lowest BCUT2D eigenvalue weighted by Crippen LogP contribution is -2.34. The predicted molar refractivity (Wildman–Crippen MR) is 49.0 cm³/mol. The van der Waals surface area contributed by atoms with Crippen molar-refractivity contribution in [2.24, 2.45) is 5.41 Å². The van der Waals surface area contributed by atoms with Crippen molar-refractivity contribution >= 4 is 5.91 Å². The van der Waals surface area contributed by atoms with Crippen LogP contribution in [0.1, 0.15) is 19.3 Å². The minimum absolute atomic E-state index is 0.0247. The van der Waals surface area contributed by atoms with Gasteiger partial charge in [-0.3, -0.25) is 4.79 Å². The van der Waals surface area contributed by atoms with Gasteiger partial charge in [-0.1, -0.05) is 0 Å². The van der Waals surface area contributed by atoms with Crippen molar-refractivity contribution in [3.63, 3.8) is 0 Å². The van der Waals surface area contributed by atoms with Crippen LogP contribution in [0.15, 0.2) is 0 Å². The Morgan fingerprint density at radius 3 is 2.54 bits per heavy atom. The fraction of sp³-hybridized carbons (Fsp3) is 0.800. The smallest absolute Gasteiger partial charge is 0.223 e. The molecule has 0 saturated carbocycles. The van der Waals surface area contributed by atoms with Crippen LogP contribution in [0.5, 0.6) is 0 Å². The van der Waals surface area contributed by atoms with Gasteiger partial charge in [0.05, 0.1) is 0 Å². The normalized spacial score (nSPS) is 26.7. The first-order valence-corrected chi connectivity index (χ1v) is 4.91. The summed E-state index contributed by atoms with van der Waals surface area (Å²) in [5.74, 6) is -0.0247. The average molecular weight is 182 g/mol. The van der Waals surface area contributed by atoms with Gasteiger partial charge in [-0.05, 0) is 24.7 Å². The van der Waals surface area contributed by atoms with E-state index in [1.807, 2.05) is 4.90 Å². The lowest BCUT2D eigenvalue weighted by Gasteiger charge is -2.32. The van der Waals surface area contributed by atoms with E-state index in [-0.39, 0.29) is 5.91 Å². The van der Waals surface area contributed by atoms with Crippen LogP contribution in [0.4, 0.5) is 0 Å². The molecule has 1 amide bonds. The summed E-state index contributed by atoms with van der Waals surface area (Å²) >= 11 is 0. The van der Waals surface area contributed by atoms with Gasteiger partial charge in [0.15, 0.2) is 0 Å². The molecule has 0 aromatic heterocycles. The number of hydrogen-bond donors (Lipinski definition) is 0. The molecule has 2 aliphatic heterocycles. The van der Waals surface area contributed by atoms with E-state index < -0.39 is 0 Å². The molecule has 2 fully saturated rings. The van der Waals surface area contributed by atoms with Gasteiger partial charge in [0.25, 0.3) is 0 Å². The van der Waals surface area contributed by atoms with Gasteiger partial charge in [0.1, 0.15) is 0 Å². The summed E-state index contributed by atoms with van der Waals surface area (Å²) in [6, 6.07) is 0. The third-order valence-electron chi connectivity index (χ3n) is 3.34. The Morgan fingerprint density at radius 2 is 2.00 bits per heavy atom. The molecule has 0 aromatic rings. The summed E-state index contributed by atoms with van der Waals surface area (Å²) in [5.41, 5.74) is 0.367. The van der Waals surface area contributed by atoms with Crippen LogP contribution >= 0.6 is 0 Å². The summed E-state index contributed by atoms with van der Waals surface area (Å²) in [7, 11) is 0. The average Bonchev–Trinajstić information content (AvgIpc) is 2.51. The maximum Gasteiger partial charge on any atom is 0.223 e. The Kier molecular flexibility index (Phi) is 2.28. The minimum atomic E-state index is -0.0247. The van der Waals surface area contributed by atoms with E-state index in [1.165, 1.54) is 0 Å². The molecule has 0 N–H and O–H groups in total. The highest BCUT2D eigenvalue weighted by molar-refractivity contribution is 5.80. The topological polar surface area (TPSA) is 29.5 Å². The highest BCUT2D eigenvalue weighted by atomic mass is 16.5. The monoisotopic (exact) mass is 182 g/mol. The number of carbonyl (C=O) groups excluding carboxylic acids is 1. The van der Waals surface area contributed by atoms with Crippen molar-refractivity contribution in [3.05, 3.63) is 6.92 Å². The molecular formula is C10H16NO2. The maximum absolute atomic E-state index is 11.1. The lowest BCUT2D eigenvalue weighted by molar-refractivity contribution is -0.126. The lowest BCUT2D eigenvalue weighted by atomic mass is 9.80. The quantitative estimate of drug-likeness (QED) is 0.556. The zero-order valence-corrected chi connectivity index (χ0v) is 7.92. The van der Waals surface area contributed by atoms with Crippen LogP contribution in [-0.4, -0.2) is 37.1 Å². The fourth-order valence-electron chi connectivity index (χ4n) is 2.36. The molecule has 3 heteroatoms. The van der Waals surface area contributed by atoms with E-state index >= 15 is 0 Å². The number of ether oxygens (including phenoxy) is 1. The summed E-state index contributed by atoms with van der Waals surface area (Å²) in [4.78, 5) is 12.9. The van der Waals surface area contributed by atoms with Crippen LogP contribution in [-0.2, 0) is 9.53 Å². The van der Waals surface area contributed by atoms with E-state index in [0.29, 0.717) is 5.41 Å². The Hall–Kier alpha value is -0.570. The molecule has 0 unspecified atom stereocenters. The fourth-order valence-corrected chi connectivity index (χ4v) is 2.36. The maximum atomic E-state index is 11.1. The predicted octanol–water partition coefficient (Wildman–Crippen LogP) is 0.850. The Balaban J connectivity index is 1.98. The number of nitrogens with zero attached hydrogens (tertiary/aromatic N) is 1. The number of carbonyl (C=O) groups is 1. The van der Waals surface area contributed by atoms with Gasteiger partial charge in [-0.25, -0.2) is 0 Å². The van der Waals surface area contributed by atoms with E-state index in [0.717, 1.165) is 45.6 Å². The number of rotatable bonds is 0. The van der Waals surface area contributed by atoms with Gasteiger partial charge in [-0.2, -0.15) is 0 Å². The standard InChI is InChI=1S/C10H16NO2/c1-9(12)11-5-2-10(8-11)3-6-13-7-4-10/h1-8H2. The first kappa shape index (κ1) is 9.00. The SMILES string of the molecule is [CH2]C(=O)N1CCC2(CCOCC2)C1. The third-order valence-corrected chi connectivity index (χ3v) is 3.34. The first-order chi connectivity index (χ1) is 6.22. The number of amides is 1.